The van der Waals surface area contributed by atoms with Gasteiger partial charge in [0, 0.05) is 6.61 Å². The topological polar surface area (TPSA) is 55.8 Å². The molecular weight excluding hydrogens is 208 g/mol. The minimum absolute atomic E-state index is 0.144. The Morgan fingerprint density at radius 1 is 1.31 bits per heavy atom. The lowest BCUT2D eigenvalue weighted by Gasteiger charge is -2.26. The van der Waals surface area contributed by atoms with Crippen LogP contribution in [0.5, 0.6) is 0 Å². The number of unbranched alkanes of at least 4 members (excludes halogenated alkanes) is 1. The van der Waals surface area contributed by atoms with E-state index in [0.29, 0.717) is 19.4 Å². The fraction of sp³-hybridized carbons (Fsp3) is 0.917. The van der Waals surface area contributed by atoms with E-state index in [1.54, 1.807) is 6.92 Å². The highest BCUT2D eigenvalue weighted by Gasteiger charge is 2.25. The van der Waals surface area contributed by atoms with Crippen LogP contribution in [0.15, 0.2) is 0 Å². The molecule has 0 fully saturated rings. The Hall–Kier alpha value is -0.610. The van der Waals surface area contributed by atoms with Crippen molar-refractivity contribution in [1.29, 1.82) is 0 Å². The van der Waals surface area contributed by atoms with Crippen molar-refractivity contribution in [3.8, 4) is 0 Å². The summed E-state index contributed by atoms with van der Waals surface area (Å²) in [6.07, 6.45) is 1.52. The number of aliphatic hydroxyl groups is 1. The van der Waals surface area contributed by atoms with Crippen LogP contribution >= 0.6 is 0 Å². The van der Waals surface area contributed by atoms with Crippen LogP contribution in [-0.4, -0.2) is 36.0 Å². The first-order valence-electron chi connectivity index (χ1n) is 5.86. The normalized spacial score (nSPS) is 13.6. The van der Waals surface area contributed by atoms with E-state index < -0.39 is 6.10 Å². The first-order chi connectivity index (χ1) is 7.40. The summed E-state index contributed by atoms with van der Waals surface area (Å²) in [5.74, 6) is -0.310. The summed E-state index contributed by atoms with van der Waals surface area (Å²) in [7, 11) is 0. The highest BCUT2D eigenvalue weighted by Crippen LogP contribution is 2.16. The van der Waals surface area contributed by atoms with E-state index in [2.05, 4.69) is 0 Å². The summed E-state index contributed by atoms with van der Waals surface area (Å²) in [5.41, 5.74) is -0.364. The number of rotatable bonds is 7. The van der Waals surface area contributed by atoms with E-state index in [9.17, 15) is 4.79 Å². The van der Waals surface area contributed by atoms with Gasteiger partial charge in [0.05, 0.1) is 12.2 Å². The smallest absolute Gasteiger partial charge is 0.335 e. The molecule has 0 saturated carbocycles. The Bertz CT molecular complexity index is 196. The number of ether oxygens (including phenoxy) is 2. The standard InChI is InChI=1S/C12H24O4/c1-5-15-11(14)10(8-6-7-9-13)16-12(2,3)4/h10,13H,5-9H2,1-4H3. The van der Waals surface area contributed by atoms with Crippen LogP contribution in [0.4, 0.5) is 0 Å². The van der Waals surface area contributed by atoms with Gasteiger partial charge in [-0.05, 0) is 47.0 Å². The first kappa shape index (κ1) is 15.4. The number of carbonyl (C=O) groups excluding carboxylic acids is 1. The molecule has 0 rings (SSSR count). The predicted octanol–water partition coefficient (Wildman–Crippen LogP) is 1.90. The van der Waals surface area contributed by atoms with Crippen LogP contribution in [0, 0.1) is 0 Å². The molecule has 1 N–H and O–H groups in total. The molecule has 0 aliphatic carbocycles. The quantitative estimate of drug-likeness (QED) is 0.538. The average Bonchev–Trinajstić information content (AvgIpc) is 2.15. The molecule has 0 aromatic rings. The average molecular weight is 232 g/mol. The van der Waals surface area contributed by atoms with Crippen molar-refractivity contribution >= 4 is 5.97 Å². The van der Waals surface area contributed by atoms with Gasteiger partial charge in [-0.15, -0.1) is 0 Å². The fourth-order valence-electron chi connectivity index (χ4n) is 1.33. The van der Waals surface area contributed by atoms with Crippen molar-refractivity contribution in [3.63, 3.8) is 0 Å². The third kappa shape index (κ3) is 7.65. The van der Waals surface area contributed by atoms with E-state index in [4.69, 9.17) is 14.6 Å². The van der Waals surface area contributed by atoms with E-state index in [1.165, 1.54) is 0 Å². The Balaban J connectivity index is 4.21. The summed E-state index contributed by atoms with van der Waals surface area (Å²) >= 11 is 0. The molecular formula is C12H24O4. The number of hydrogen-bond acceptors (Lipinski definition) is 4. The van der Waals surface area contributed by atoms with Crippen molar-refractivity contribution in [2.24, 2.45) is 0 Å². The van der Waals surface area contributed by atoms with E-state index in [1.807, 2.05) is 20.8 Å². The highest BCUT2D eigenvalue weighted by atomic mass is 16.6. The minimum Gasteiger partial charge on any atom is -0.464 e. The number of esters is 1. The van der Waals surface area contributed by atoms with Gasteiger partial charge in [-0.1, -0.05) is 0 Å². The van der Waals surface area contributed by atoms with Crippen molar-refractivity contribution < 1.29 is 19.4 Å². The molecule has 16 heavy (non-hydrogen) atoms. The van der Waals surface area contributed by atoms with E-state index in [-0.39, 0.29) is 18.2 Å². The molecule has 0 aliphatic heterocycles. The molecule has 96 valence electrons. The third-order valence-corrected chi connectivity index (χ3v) is 1.92. The molecule has 0 aromatic heterocycles. The van der Waals surface area contributed by atoms with Crippen LogP contribution in [0.25, 0.3) is 0 Å². The molecule has 1 atom stereocenters. The Morgan fingerprint density at radius 3 is 2.38 bits per heavy atom. The largest absolute Gasteiger partial charge is 0.464 e. The van der Waals surface area contributed by atoms with Gasteiger partial charge < -0.3 is 14.6 Å². The monoisotopic (exact) mass is 232 g/mol. The highest BCUT2D eigenvalue weighted by molar-refractivity contribution is 5.74. The van der Waals surface area contributed by atoms with Crippen LogP contribution < -0.4 is 0 Å². The SMILES string of the molecule is CCOC(=O)C(CCCCO)OC(C)(C)C. The molecule has 0 bridgehead atoms. The predicted molar refractivity (Wildman–Crippen MR) is 62.2 cm³/mol. The maximum absolute atomic E-state index is 11.6. The summed E-state index contributed by atoms with van der Waals surface area (Å²) in [6.45, 7) is 8.01. The van der Waals surface area contributed by atoms with Gasteiger partial charge in [0.2, 0.25) is 0 Å². The van der Waals surface area contributed by atoms with Gasteiger partial charge in [-0.2, -0.15) is 0 Å². The van der Waals surface area contributed by atoms with Gasteiger partial charge in [0.1, 0.15) is 0 Å². The van der Waals surface area contributed by atoms with Crippen LogP contribution in [-0.2, 0) is 14.3 Å². The fourth-order valence-corrected chi connectivity index (χ4v) is 1.33. The molecule has 0 radical (unpaired) electrons. The molecule has 0 saturated heterocycles. The number of hydrogen-bond donors (Lipinski definition) is 1. The van der Waals surface area contributed by atoms with Crippen LogP contribution in [0.3, 0.4) is 0 Å². The molecule has 4 nitrogen and oxygen atoms in total. The van der Waals surface area contributed by atoms with Crippen molar-refractivity contribution in [2.45, 2.75) is 58.7 Å². The second-order valence-electron chi connectivity index (χ2n) is 4.69. The lowest BCUT2D eigenvalue weighted by molar-refractivity contribution is -0.166. The third-order valence-electron chi connectivity index (χ3n) is 1.92. The molecule has 0 aliphatic rings. The van der Waals surface area contributed by atoms with E-state index >= 15 is 0 Å². The van der Waals surface area contributed by atoms with Crippen molar-refractivity contribution in [3.05, 3.63) is 0 Å². The van der Waals surface area contributed by atoms with Gasteiger partial charge in [0.25, 0.3) is 0 Å². The Kier molecular flexibility index (Phi) is 7.34. The van der Waals surface area contributed by atoms with E-state index in [0.717, 1.165) is 6.42 Å². The lowest BCUT2D eigenvalue weighted by atomic mass is 10.1. The number of carbonyl (C=O) groups is 1. The summed E-state index contributed by atoms with van der Waals surface area (Å²) < 4.78 is 10.6. The minimum atomic E-state index is -0.522. The molecule has 1 unspecified atom stereocenters. The first-order valence-corrected chi connectivity index (χ1v) is 5.86. The van der Waals surface area contributed by atoms with Crippen LogP contribution in [0.1, 0.15) is 47.0 Å². The second kappa shape index (κ2) is 7.63. The molecule has 0 aromatic carbocycles. The zero-order valence-electron chi connectivity index (χ0n) is 10.8. The Labute approximate surface area is 97.9 Å². The maximum atomic E-state index is 11.6. The van der Waals surface area contributed by atoms with Gasteiger partial charge in [0.15, 0.2) is 6.10 Å². The van der Waals surface area contributed by atoms with Gasteiger partial charge in [-0.25, -0.2) is 4.79 Å². The van der Waals surface area contributed by atoms with Gasteiger partial charge >= 0.3 is 5.97 Å². The lowest BCUT2D eigenvalue weighted by Crippen LogP contribution is -2.34. The number of aliphatic hydroxyl groups excluding tert-OH is 1. The zero-order valence-corrected chi connectivity index (χ0v) is 10.8. The van der Waals surface area contributed by atoms with Gasteiger partial charge in [-0.3, -0.25) is 0 Å². The molecule has 0 spiro atoms. The molecule has 0 amide bonds. The summed E-state index contributed by atoms with van der Waals surface area (Å²) in [4.78, 5) is 11.6. The summed E-state index contributed by atoms with van der Waals surface area (Å²) in [6, 6.07) is 0. The maximum Gasteiger partial charge on any atom is 0.335 e. The van der Waals surface area contributed by atoms with Crippen molar-refractivity contribution in [1.82, 2.24) is 0 Å². The zero-order chi connectivity index (χ0) is 12.6. The van der Waals surface area contributed by atoms with Crippen LogP contribution in [0.2, 0.25) is 0 Å². The van der Waals surface area contributed by atoms with Crippen molar-refractivity contribution in [2.75, 3.05) is 13.2 Å². The second-order valence-corrected chi connectivity index (χ2v) is 4.69. The molecule has 0 heterocycles. The Morgan fingerprint density at radius 2 is 1.94 bits per heavy atom. The summed E-state index contributed by atoms with van der Waals surface area (Å²) in [5, 5.41) is 8.70. The molecule has 4 heteroatoms.